The van der Waals surface area contributed by atoms with Gasteiger partial charge in [-0.3, -0.25) is 0 Å². The molecule has 3 rings (SSSR count). The number of hydrogen-bond donors (Lipinski definition) is 0. The Morgan fingerprint density at radius 3 is 1.18 bits per heavy atom. The summed E-state index contributed by atoms with van der Waals surface area (Å²) in [5, 5.41) is 13.8. The highest BCUT2D eigenvalue weighted by molar-refractivity contribution is 5.09. The van der Waals surface area contributed by atoms with Gasteiger partial charge in [0.05, 0.1) is 0 Å². The normalized spacial score (nSPS) is 26.0. The molecule has 3 aliphatic heterocycles. The Bertz CT molecular complexity index is 670. The van der Waals surface area contributed by atoms with E-state index in [1.165, 1.54) is 42.9 Å². The summed E-state index contributed by atoms with van der Waals surface area (Å²) in [5.41, 5.74) is 4.16. The molecule has 0 spiro atoms. The highest BCUT2D eigenvalue weighted by Crippen LogP contribution is 2.21. The average Bonchev–Trinajstić information content (AvgIpc) is 3.26. The molecule has 0 aromatic rings. The molecular weight excluding hydrogens is 408 g/mol. The van der Waals surface area contributed by atoms with Gasteiger partial charge >= 0.3 is 0 Å². The Labute approximate surface area is 206 Å². The quantitative estimate of drug-likeness (QED) is 0.511. The van der Waals surface area contributed by atoms with Crippen molar-refractivity contribution in [3.05, 3.63) is 35.3 Å². The molecule has 3 atom stereocenters. The number of nitrogens with zero attached hydrogens (tertiary/aromatic N) is 6. The van der Waals surface area contributed by atoms with Gasteiger partial charge in [0.25, 0.3) is 0 Å². The van der Waals surface area contributed by atoms with Gasteiger partial charge in [-0.25, -0.2) is 15.0 Å². The van der Waals surface area contributed by atoms with E-state index in [1.54, 1.807) is 0 Å². The lowest BCUT2D eigenvalue weighted by molar-refractivity contribution is 0.0397. The summed E-state index contributed by atoms with van der Waals surface area (Å²) in [7, 11) is 6.43. The van der Waals surface area contributed by atoms with Gasteiger partial charge in [-0.1, -0.05) is 20.3 Å². The van der Waals surface area contributed by atoms with Crippen LogP contribution in [0.5, 0.6) is 0 Å². The number of likely N-dealkylation sites (N-methyl/N-ethyl adjacent to an activating group) is 3. The molecular formula is C27H54N6. The van der Waals surface area contributed by atoms with Gasteiger partial charge in [-0.05, 0) is 79.5 Å². The number of hydrazine groups is 3. The zero-order chi connectivity index (χ0) is 25.3. The zero-order valence-electron chi connectivity index (χ0n) is 23.9. The van der Waals surface area contributed by atoms with Gasteiger partial charge in [-0.2, -0.15) is 0 Å². The lowest BCUT2D eigenvalue weighted by Gasteiger charge is -2.30. The fourth-order valence-electron chi connectivity index (χ4n) is 4.70. The molecule has 0 amide bonds. The Kier molecular flexibility index (Phi) is 12.6. The van der Waals surface area contributed by atoms with Crippen molar-refractivity contribution in [1.82, 2.24) is 30.1 Å². The molecule has 0 fully saturated rings. The highest BCUT2D eigenvalue weighted by atomic mass is 15.6. The summed E-state index contributed by atoms with van der Waals surface area (Å²) in [6.45, 7) is 23.2. The van der Waals surface area contributed by atoms with E-state index < -0.39 is 0 Å². The molecule has 0 aliphatic carbocycles. The third-order valence-electron chi connectivity index (χ3n) is 7.04. The zero-order valence-corrected chi connectivity index (χ0v) is 23.9. The first-order valence-corrected chi connectivity index (χ1v) is 13.1. The van der Waals surface area contributed by atoms with Crippen LogP contribution < -0.4 is 0 Å². The first-order valence-electron chi connectivity index (χ1n) is 13.1. The molecule has 0 aromatic heterocycles. The molecule has 33 heavy (non-hydrogen) atoms. The van der Waals surface area contributed by atoms with Gasteiger partial charge in [0, 0.05) is 76.0 Å². The minimum Gasteiger partial charge on any atom is -0.310 e. The summed E-state index contributed by atoms with van der Waals surface area (Å²) in [4.78, 5) is 0. The molecule has 0 saturated carbocycles. The Morgan fingerprint density at radius 2 is 0.939 bits per heavy atom. The predicted octanol–water partition coefficient (Wildman–Crippen LogP) is 5.55. The maximum absolute atomic E-state index is 2.37. The summed E-state index contributed by atoms with van der Waals surface area (Å²) in [5.74, 6) is 0. The monoisotopic (exact) mass is 462 g/mol. The fraction of sp³-hybridized carbons (Fsp3) is 0.778. The van der Waals surface area contributed by atoms with Crippen LogP contribution in [0.4, 0.5) is 0 Å². The van der Waals surface area contributed by atoms with E-state index in [1.807, 2.05) is 0 Å². The number of unbranched alkanes of at least 4 members (excludes halogenated alkanes) is 1. The lowest BCUT2D eigenvalue weighted by Crippen LogP contribution is -2.38. The van der Waals surface area contributed by atoms with Crippen LogP contribution in [0.25, 0.3) is 0 Å². The van der Waals surface area contributed by atoms with E-state index in [4.69, 9.17) is 0 Å². The third kappa shape index (κ3) is 8.04. The third-order valence-corrected chi connectivity index (χ3v) is 7.04. The molecule has 6 heteroatoms. The molecule has 0 N–H and O–H groups in total. The molecule has 0 aromatic carbocycles. The van der Waals surface area contributed by atoms with Crippen LogP contribution in [0, 0.1) is 0 Å². The summed E-state index contributed by atoms with van der Waals surface area (Å²) < 4.78 is 0. The van der Waals surface area contributed by atoms with E-state index in [9.17, 15) is 0 Å². The van der Waals surface area contributed by atoms with E-state index >= 15 is 0 Å². The van der Waals surface area contributed by atoms with Crippen molar-refractivity contribution in [3.63, 3.8) is 0 Å². The first kappa shape index (κ1) is 29.5. The largest absolute Gasteiger partial charge is 0.310 e. The molecule has 3 unspecified atom stereocenters. The van der Waals surface area contributed by atoms with Gasteiger partial charge in [-0.15, -0.1) is 0 Å². The standard InChI is InChI=1S/C10H20N2.C9H18N2.C8H16N2/c1-5-6-7-12-10(3)8-9(2)11(12)4;1-5-6-11-9(3)7-8(2)10(11)4;1-5-10-8(3)6-7(2)9(10)4/h8-9H,5-7H2,1-4H3;7-8H,5-6H2,1-4H3;6-7H,5H2,1-4H3. The Morgan fingerprint density at radius 1 is 0.576 bits per heavy atom. The van der Waals surface area contributed by atoms with Crippen LogP contribution in [0.15, 0.2) is 35.3 Å². The van der Waals surface area contributed by atoms with Crippen molar-refractivity contribution >= 4 is 0 Å². The smallest absolute Gasteiger partial charge is 0.0461 e. The lowest BCUT2D eigenvalue weighted by atomic mass is 10.3. The number of hydrogen-bond acceptors (Lipinski definition) is 6. The molecule has 0 saturated heterocycles. The molecule has 3 heterocycles. The summed E-state index contributed by atoms with van der Waals surface area (Å²) >= 11 is 0. The van der Waals surface area contributed by atoms with E-state index in [-0.39, 0.29) is 0 Å². The van der Waals surface area contributed by atoms with Crippen LogP contribution in [0.1, 0.15) is 81.6 Å². The van der Waals surface area contributed by atoms with Crippen molar-refractivity contribution in [2.75, 3.05) is 40.8 Å². The van der Waals surface area contributed by atoms with Crippen LogP contribution >= 0.6 is 0 Å². The van der Waals surface area contributed by atoms with Gasteiger partial charge < -0.3 is 15.0 Å². The van der Waals surface area contributed by atoms with Crippen LogP contribution in [0.2, 0.25) is 0 Å². The Balaban J connectivity index is 0.000000249. The van der Waals surface area contributed by atoms with Crippen LogP contribution in [0.3, 0.4) is 0 Å². The number of rotatable bonds is 6. The topological polar surface area (TPSA) is 19.4 Å². The van der Waals surface area contributed by atoms with Gasteiger partial charge in [0.15, 0.2) is 0 Å². The van der Waals surface area contributed by atoms with E-state index in [2.05, 4.69) is 132 Å². The maximum atomic E-state index is 2.37. The van der Waals surface area contributed by atoms with Crippen molar-refractivity contribution in [1.29, 1.82) is 0 Å². The molecule has 0 radical (unpaired) electrons. The van der Waals surface area contributed by atoms with Gasteiger partial charge in [0.1, 0.15) is 0 Å². The maximum Gasteiger partial charge on any atom is 0.0461 e. The van der Waals surface area contributed by atoms with Crippen LogP contribution in [-0.2, 0) is 0 Å². The van der Waals surface area contributed by atoms with Crippen molar-refractivity contribution < 1.29 is 0 Å². The second-order valence-corrected chi connectivity index (χ2v) is 9.68. The molecule has 192 valence electrons. The van der Waals surface area contributed by atoms with E-state index in [0.29, 0.717) is 18.1 Å². The van der Waals surface area contributed by atoms with Crippen molar-refractivity contribution in [3.8, 4) is 0 Å². The Hall–Kier alpha value is -1.50. The van der Waals surface area contributed by atoms with E-state index in [0.717, 1.165) is 13.1 Å². The average molecular weight is 463 g/mol. The second-order valence-electron chi connectivity index (χ2n) is 9.68. The highest BCUT2D eigenvalue weighted by Gasteiger charge is 2.23. The molecule has 0 bridgehead atoms. The van der Waals surface area contributed by atoms with Gasteiger partial charge in [0.2, 0.25) is 0 Å². The van der Waals surface area contributed by atoms with Crippen LogP contribution in [-0.4, -0.2) is 89.0 Å². The van der Waals surface area contributed by atoms with Crippen molar-refractivity contribution in [2.24, 2.45) is 0 Å². The molecule has 3 aliphatic rings. The summed E-state index contributed by atoms with van der Waals surface area (Å²) in [6.07, 6.45) is 10.7. The summed E-state index contributed by atoms with van der Waals surface area (Å²) in [6, 6.07) is 1.71. The minimum absolute atomic E-state index is 0.569. The second kappa shape index (κ2) is 14.0. The first-order chi connectivity index (χ1) is 15.5. The number of allylic oxidation sites excluding steroid dienone is 3. The SMILES string of the molecule is CCCCN1C(C)=CC(C)N1C.CCCN1C(C)=CC(C)N1C.CCN1C(C)=CC(C)N1C. The van der Waals surface area contributed by atoms with Crippen molar-refractivity contribution in [2.45, 2.75) is 99.7 Å². The molecule has 6 nitrogen and oxygen atoms in total. The minimum atomic E-state index is 0.569. The fourth-order valence-corrected chi connectivity index (χ4v) is 4.70. The predicted molar refractivity (Wildman–Crippen MR) is 144 cm³/mol.